The van der Waals surface area contributed by atoms with Gasteiger partial charge >= 0.3 is 5.97 Å². The highest BCUT2D eigenvalue weighted by Gasteiger charge is 2.34. The number of benzene rings is 1. The molecule has 5 heteroatoms. The maximum atomic E-state index is 12.3. The number of methoxy groups -OCH3 is 1. The van der Waals surface area contributed by atoms with Crippen molar-refractivity contribution in [1.82, 2.24) is 0 Å². The first kappa shape index (κ1) is 15.3. The highest BCUT2D eigenvalue weighted by Crippen LogP contribution is 2.43. The van der Waals surface area contributed by atoms with E-state index in [4.69, 9.17) is 4.74 Å². The molecule has 1 N–H and O–H groups in total. The Bertz CT molecular complexity index is 745. The molecule has 1 aliphatic carbocycles. The summed E-state index contributed by atoms with van der Waals surface area (Å²) in [5, 5.41) is 9.53. The molecule has 1 aromatic carbocycles. The topological polar surface area (TPSA) is 66.8 Å². The van der Waals surface area contributed by atoms with Gasteiger partial charge in [-0.1, -0.05) is 12.1 Å². The van der Waals surface area contributed by atoms with E-state index in [0.29, 0.717) is 23.4 Å². The summed E-state index contributed by atoms with van der Waals surface area (Å²) in [7, 11) is 1.58. The fraction of sp³-hybridized carbons (Fsp3) is 0.333. The monoisotopic (exact) mass is 313 g/mol. The SMILES string of the molecule is COc1ccccc1N1C(C)=C(C(=O)O)CC2=C1CCCC2=O. The predicted octanol–water partition coefficient (Wildman–Crippen LogP) is 3.27. The van der Waals surface area contributed by atoms with Crippen LogP contribution in [0.4, 0.5) is 5.69 Å². The van der Waals surface area contributed by atoms with Crippen molar-refractivity contribution in [2.24, 2.45) is 0 Å². The van der Waals surface area contributed by atoms with Crippen LogP contribution in [-0.4, -0.2) is 24.0 Å². The molecule has 120 valence electrons. The molecule has 0 unspecified atom stereocenters. The Morgan fingerprint density at radius 2 is 2.00 bits per heavy atom. The molecular weight excluding hydrogens is 294 g/mol. The van der Waals surface area contributed by atoms with Gasteiger partial charge in [0, 0.05) is 29.8 Å². The summed E-state index contributed by atoms with van der Waals surface area (Å²) in [4.78, 5) is 25.8. The molecule has 0 aromatic heterocycles. The van der Waals surface area contributed by atoms with Gasteiger partial charge in [-0.05, 0) is 31.9 Å². The van der Waals surface area contributed by atoms with E-state index >= 15 is 0 Å². The quantitative estimate of drug-likeness (QED) is 0.927. The average Bonchev–Trinajstić information content (AvgIpc) is 2.54. The molecule has 2 aliphatic rings. The van der Waals surface area contributed by atoms with Crippen molar-refractivity contribution in [2.45, 2.75) is 32.6 Å². The van der Waals surface area contributed by atoms with Crippen molar-refractivity contribution in [3.8, 4) is 5.75 Å². The number of ether oxygens (including phenoxy) is 1. The van der Waals surface area contributed by atoms with Gasteiger partial charge in [0.2, 0.25) is 0 Å². The number of carboxylic acid groups (broad SMARTS) is 1. The van der Waals surface area contributed by atoms with E-state index < -0.39 is 5.97 Å². The van der Waals surface area contributed by atoms with Crippen LogP contribution in [0.2, 0.25) is 0 Å². The van der Waals surface area contributed by atoms with Crippen LogP contribution in [-0.2, 0) is 9.59 Å². The van der Waals surface area contributed by atoms with Gasteiger partial charge in [-0.3, -0.25) is 4.79 Å². The zero-order valence-electron chi connectivity index (χ0n) is 13.3. The lowest BCUT2D eigenvalue weighted by atomic mass is 9.85. The minimum Gasteiger partial charge on any atom is -0.495 e. The third kappa shape index (κ3) is 2.52. The van der Waals surface area contributed by atoms with Gasteiger partial charge in [0.1, 0.15) is 5.75 Å². The second-order valence-electron chi connectivity index (χ2n) is 5.76. The number of hydrogen-bond acceptors (Lipinski definition) is 4. The van der Waals surface area contributed by atoms with Crippen LogP contribution in [0.25, 0.3) is 0 Å². The van der Waals surface area contributed by atoms with Crippen molar-refractivity contribution >= 4 is 17.4 Å². The number of anilines is 1. The number of carbonyl (C=O) groups excluding carboxylic acids is 1. The van der Waals surface area contributed by atoms with Gasteiger partial charge in [0.15, 0.2) is 5.78 Å². The molecule has 0 radical (unpaired) electrons. The highest BCUT2D eigenvalue weighted by molar-refractivity contribution is 6.02. The Morgan fingerprint density at radius 1 is 1.26 bits per heavy atom. The Balaban J connectivity index is 2.22. The molecule has 0 spiro atoms. The first-order chi connectivity index (χ1) is 11.0. The number of aliphatic carboxylic acids is 1. The number of para-hydroxylation sites is 2. The van der Waals surface area contributed by atoms with Crippen LogP contribution in [0.1, 0.15) is 32.6 Å². The first-order valence-electron chi connectivity index (χ1n) is 7.66. The van der Waals surface area contributed by atoms with Crippen molar-refractivity contribution in [3.05, 3.63) is 46.8 Å². The zero-order valence-corrected chi connectivity index (χ0v) is 13.3. The zero-order chi connectivity index (χ0) is 16.6. The fourth-order valence-electron chi connectivity index (χ4n) is 3.34. The number of allylic oxidation sites excluding steroid dienone is 3. The summed E-state index contributed by atoms with van der Waals surface area (Å²) in [6.07, 6.45) is 2.26. The predicted molar refractivity (Wildman–Crippen MR) is 86.3 cm³/mol. The van der Waals surface area contributed by atoms with Crippen LogP contribution in [0.3, 0.4) is 0 Å². The Morgan fingerprint density at radius 3 is 2.70 bits per heavy atom. The van der Waals surface area contributed by atoms with E-state index in [-0.39, 0.29) is 17.8 Å². The van der Waals surface area contributed by atoms with Gasteiger partial charge in [0.25, 0.3) is 0 Å². The van der Waals surface area contributed by atoms with E-state index in [9.17, 15) is 14.7 Å². The molecule has 5 nitrogen and oxygen atoms in total. The second-order valence-corrected chi connectivity index (χ2v) is 5.76. The molecule has 1 aromatic rings. The number of rotatable bonds is 3. The van der Waals surface area contributed by atoms with Gasteiger partial charge in [-0.2, -0.15) is 0 Å². The standard InChI is InChI=1S/C18H19NO4/c1-11-12(18(21)22)10-13-14(7-5-8-16(13)20)19(11)15-6-3-4-9-17(15)23-2/h3-4,6,9H,5,7-8,10H2,1-2H3,(H,21,22). The summed E-state index contributed by atoms with van der Waals surface area (Å²) in [5.74, 6) is -0.270. The van der Waals surface area contributed by atoms with Crippen LogP contribution in [0.5, 0.6) is 5.75 Å². The largest absolute Gasteiger partial charge is 0.495 e. The molecule has 0 saturated heterocycles. The lowest BCUT2D eigenvalue weighted by Gasteiger charge is -2.37. The summed E-state index contributed by atoms with van der Waals surface area (Å²) in [6.45, 7) is 1.79. The van der Waals surface area contributed by atoms with Crippen molar-refractivity contribution in [1.29, 1.82) is 0 Å². The maximum Gasteiger partial charge on any atom is 0.333 e. The lowest BCUT2D eigenvalue weighted by Crippen LogP contribution is -2.33. The summed E-state index contributed by atoms with van der Waals surface area (Å²) in [5.41, 5.74) is 3.23. The number of ketones is 1. The van der Waals surface area contributed by atoms with Crippen molar-refractivity contribution < 1.29 is 19.4 Å². The third-order valence-electron chi connectivity index (χ3n) is 4.48. The normalized spacial score (nSPS) is 18.2. The minimum atomic E-state index is -0.979. The second kappa shape index (κ2) is 5.91. The van der Waals surface area contributed by atoms with E-state index in [1.807, 2.05) is 29.2 Å². The number of nitrogens with zero attached hydrogens (tertiary/aromatic N) is 1. The summed E-state index contributed by atoms with van der Waals surface area (Å²) < 4.78 is 5.43. The average molecular weight is 313 g/mol. The fourth-order valence-corrected chi connectivity index (χ4v) is 3.34. The Labute approximate surface area is 134 Å². The van der Waals surface area contributed by atoms with E-state index in [2.05, 4.69) is 0 Å². The highest BCUT2D eigenvalue weighted by atomic mass is 16.5. The molecular formula is C18H19NO4. The number of hydrogen-bond donors (Lipinski definition) is 1. The van der Waals surface area contributed by atoms with Gasteiger partial charge < -0.3 is 14.7 Å². The molecule has 0 saturated carbocycles. The molecule has 23 heavy (non-hydrogen) atoms. The smallest absolute Gasteiger partial charge is 0.333 e. The van der Waals surface area contributed by atoms with Crippen LogP contribution >= 0.6 is 0 Å². The van der Waals surface area contributed by atoms with Gasteiger partial charge in [0.05, 0.1) is 18.4 Å². The third-order valence-corrected chi connectivity index (χ3v) is 4.48. The molecule has 0 fully saturated rings. The Kier molecular flexibility index (Phi) is 3.94. The molecule has 3 rings (SSSR count). The summed E-state index contributed by atoms with van der Waals surface area (Å²) >= 11 is 0. The molecule has 0 atom stereocenters. The molecule has 1 heterocycles. The maximum absolute atomic E-state index is 12.3. The number of carbonyl (C=O) groups is 2. The van der Waals surface area contributed by atoms with E-state index in [1.54, 1.807) is 14.0 Å². The minimum absolute atomic E-state index is 0.0531. The van der Waals surface area contributed by atoms with E-state index in [1.165, 1.54) is 0 Å². The first-order valence-corrected chi connectivity index (χ1v) is 7.66. The van der Waals surface area contributed by atoms with Crippen molar-refractivity contribution in [3.63, 3.8) is 0 Å². The van der Waals surface area contributed by atoms with Gasteiger partial charge in [-0.15, -0.1) is 0 Å². The summed E-state index contributed by atoms with van der Waals surface area (Å²) in [6, 6.07) is 7.47. The number of Topliss-reactive ketones (excluding diaryl/α,β-unsaturated/α-hetero) is 1. The molecule has 0 bridgehead atoms. The van der Waals surface area contributed by atoms with E-state index in [0.717, 1.165) is 24.2 Å². The molecule has 0 amide bonds. The van der Waals surface area contributed by atoms with Crippen LogP contribution in [0, 0.1) is 0 Å². The van der Waals surface area contributed by atoms with Crippen LogP contribution in [0.15, 0.2) is 46.8 Å². The van der Waals surface area contributed by atoms with Crippen LogP contribution < -0.4 is 9.64 Å². The molecule has 1 aliphatic heterocycles. The lowest BCUT2D eigenvalue weighted by molar-refractivity contribution is -0.132. The van der Waals surface area contributed by atoms with Crippen molar-refractivity contribution in [2.75, 3.05) is 12.0 Å². The number of carboxylic acids is 1. The Hall–Kier alpha value is -2.56. The van der Waals surface area contributed by atoms with Gasteiger partial charge in [-0.25, -0.2) is 4.79 Å².